The molecule has 5 heteroatoms. The van der Waals surface area contributed by atoms with Gasteiger partial charge in [0, 0.05) is 19.3 Å². The molecule has 2 saturated heterocycles. The van der Waals surface area contributed by atoms with Gasteiger partial charge in [-0.2, -0.15) is 0 Å². The normalized spacial score (nSPS) is 26.9. The summed E-state index contributed by atoms with van der Waals surface area (Å²) in [5.41, 5.74) is 0.352. The lowest BCUT2D eigenvalue weighted by Gasteiger charge is -2.20. The van der Waals surface area contributed by atoms with Crippen molar-refractivity contribution >= 4 is 5.91 Å². The van der Waals surface area contributed by atoms with Gasteiger partial charge >= 0.3 is 0 Å². The molecule has 0 aromatic carbocycles. The van der Waals surface area contributed by atoms with E-state index < -0.39 is 5.82 Å². The molecule has 2 atom stereocenters. The second-order valence-electron chi connectivity index (χ2n) is 5.44. The first-order chi connectivity index (χ1) is 9.24. The van der Waals surface area contributed by atoms with E-state index in [0.29, 0.717) is 17.4 Å². The van der Waals surface area contributed by atoms with Crippen LogP contribution in [0.25, 0.3) is 0 Å². The number of fused-ring (bicyclic) bond motifs is 1. The van der Waals surface area contributed by atoms with Gasteiger partial charge in [-0.05, 0) is 43.8 Å². The molecule has 0 spiro atoms. The van der Waals surface area contributed by atoms with Crippen LogP contribution in [0, 0.1) is 17.7 Å². The second kappa shape index (κ2) is 5.25. The van der Waals surface area contributed by atoms with Gasteiger partial charge in [-0.3, -0.25) is 9.78 Å². The van der Waals surface area contributed by atoms with Crippen molar-refractivity contribution in [2.24, 2.45) is 11.8 Å². The van der Waals surface area contributed by atoms with Gasteiger partial charge in [0.15, 0.2) is 0 Å². The number of likely N-dealkylation sites (tertiary alicyclic amines) is 1. The molecule has 3 heterocycles. The Labute approximate surface area is 112 Å². The van der Waals surface area contributed by atoms with Gasteiger partial charge in [0.25, 0.3) is 5.91 Å². The molecule has 102 valence electrons. The van der Waals surface area contributed by atoms with Crippen molar-refractivity contribution in [1.29, 1.82) is 0 Å². The van der Waals surface area contributed by atoms with Gasteiger partial charge in [-0.15, -0.1) is 0 Å². The maximum atomic E-state index is 13.1. The molecule has 1 aromatic rings. The quantitative estimate of drug-likeness (QED) is 0.830. The zero-order chi connectivity index (χ0) is 13.2. The van der Waals surface area contributed by atoms with Crippen molar-refractivity contribution in [1.82, 2.24) is 15.2 Å². The highest BCUT2D eigenvalue weighted by molar-refractivity contribution is 5.93. The maximum absolute atomic E-state index is 13.1. The third kappa shape index (κ3) is 2.61. The number of amides is 1. The van der Waals surface area contributed by atoms with E-state index >= 15 is 0 Å². The number of aromatic nitrogens is 1. The molecule has 1 N–H and O–H groups in total. The summed E-state index contributed by atoms with van der Waals surface area (Å²) in [5, 5.41) is 3.41. The van der Waals surface area contributed by atoms with Gasteiger partial charge in [0.05, 0.1) is 11.8 Å². The fourth-order valence-electron chi connectivity index (χ4n) is 3.13. The van der Waals surface area contributed by atoms with Crippen LogP contribution in [0.3, 0.4) is 0 Å². The number of pyridine rings is 1. The molecular formula is C14H18FN3O. The zero-order valence-electron chi connectivity index (χ0n) is 10.8. The predicted molar refractivity (Wildman–Crippen MR) is 69.2 cm³/mol. The van der Waals surface area contributed by atoms with Crippen molar-refractivity contribution < 1.29 is 9.18 Å². The number of nitrogens with zero attached hydrogens (tertiary/aromatic N) is 2. The number of hydrogen-bond donors (Lipinski definition) is 1. The SMILES string of the molecule is O=C(c1cncc(F)c1)N1CC[C@@H]2CNC[C@@H]2CC1. The largest absolute Gasteiger partial charge is 0.339 e. The molecule has 2 aliphatic heterocycles. The van der Waals surface area contributed by atoms with E-state index in [0.717, 1.165) is 45.2 Å². The molecule has 2 aliphatic rings. The highest BCUT2D eigenvalue weighted by Crippen LogP contribution is 2.27. The molecule has 3 rings (SSSR count). The smallest absolute Gasteiger partial charge is 0.255 e. The maximum Gasteiger partial charge on any atom is 0.255 e. The molecule has 0 saturated carbocycles. The van der Waals surface area contributed by atoms with Crippen LogP contribution in [0.15, 0.2) is 18.5 Å². The summed E-state index contributed by atoms with van der Waals surface area (Å²) in [6, 6.07) is 1.27. The highest BCUT2D eigenvalue weighted by Gasteiger charge is 2.31. The lowest BCUT2D eigenvalue weighted by molar-refractivity contribution is 0.0757. The molecule has 0 radical (unpaired) electrons. The Balaban J connectivity index is 1.70. The Morgan fingerprint density at radius 2 is 1.95 bits per heavy atom. The average Bonchev–Trinajstić information content (AvgIpc) is 2.77. The van der Waals surface area contributed by atoms with Gasteiger partial charge in [-0.25, -0.2) is 4.39 Å². The fourth-order valence-corrected chi connectivity index (χ4v) is 3.13. The molecule has 2 fully saturated rings. The Bertz CT molecular complexity index is 466. The lowest BCUT2D eigenvalue weighted by Crippen LogP contribution is -2.32. The van der Waals surface area contributed by atoms with Crippen LogP contribution >= 0.6 is 0 Å². The Morgan fingerprint density at radius 1 is 1.26 bits per heavy atom. The number of carbonyl (C=O) groups is 1. The molecule has 0 aliphatic carbocycles. The van der Waals surface area contributed by atoms with E-state index in [4.69, 9.17) is 0 Å². The minimum atomic E-state index is -0.457. The summed E-state index contributed by atoms with van der Waals surface area (Å²) >= 11 is 0. The Kier molecular flexibility index (Phi) is 3.46. The number of halogens is 1. The first-order valence-corrected chi connectivity index (χ1v) is 6.84. The average molecular weight is 263 g/mol. The Morgan fingerprint density at radius 3 is 2.58 bits per heavy atom. The van der Waals surface area contributed by atoms with Crippen LogP contribution in [0.2, 0.25) is 0 Å². The van der Waals surface area contributed by atoms with Crippen LogP contribution < -0.4 is 5.32 Å². The van der Waals surface area contributed by atoms with E-state index in [1.165, 1.54) is 12.3 Å². The molecular weight excluding hydrogens is 245 g/mol. The van der Waals surface area contributed by atoms with Crippen LogP contribution in [0.5, 0.6) is 0 Å². The summed E-state index contributed by atoms with van der Waals surface area (Å²) in [5.74, 6) is 0.813. The molecule has 4 nitrogen and oxygen atoms in total. The lowest BCUT2D eigenvalue weighted by atomic mass is 9.92. The van der Waals surface area contributed by atoms with Gasteiger partial charge in [0.2, 0.25) is 0 Å². The summed E-state index contributed by atoms with van der Waals surface area (Å²) in [7, 11) is 0. The molecule has 0 unspecified atom stereocenters. The van der Waals surface area contributed by atoms with Gasteiger partial charge < -0.3 is 10.2 Å². The van der Waals surface area contributed by atoms with E-state index in [2.05, 4.69) is 10.3 Å². The van der Waals surface area contributed by atoms with Crippen molar-refractivity contribution in [3.63, 3.8) is 0 Å². The standard InChI is InChI=1S/C14H18FN3O/c15-13-5-12(8-17-9-13)14(19)18-3-1-10-6-16-7-11(10)2-4-18/h5,8-11,16H,1-4,6-7H2/t10-,11+. The van der Waals surface area contributed by atoms with Crippen LogP contribution in [0.1, 0.15) is 23.2 Å². The van der Waals surface area contributed by atoms with Crippen LogP contribution in [-0.2, 0) is 0 Å². The Hall–Kier alpha value is -1.49. The predicted octanol–water partition coefficient (Wildman–Crippen LogP) is 1.29. The fraction of sp³-hybridized carbons (Fsp3) is 0.571. The summed E-state index contributed by atoms with van der Waals surface area (Å²) < 4.78 is 13.1. The highest BCUT2D eigenvalue weighted by atomic mass is 19.1. The number of carbonyl (C=O) groups excluding carboxylic acids is 1. The minimum Gasteiger partial charge on any atom is -0.339 e. The second-order valence-corrected chi connectivity index (χ2v) is 5.44. The zero-order valence-corrected chi connectivity index (χ0v) is 10.8. The first-order valence-electron chi connectivity index (χ1n) is 6.84. The number of hydrogen-bond acceptors (Lipinski definition) is 3. The van der Waals surface area contributed by atoms with Crippen molar-refractivity contribution in [3.05, 3.63) is 29.8 Å². The molecule has 1 amide bonds. The molecule has 1 aromatic heterocycles. The summed E-state index contributed by atoms with van der Waals surface area (Å²) in [6.07, 6.45) is 4.63. The van der Waals surface area contributed by atoms with Crippen molar-refractivity contribution in [2.75, 3.05) is 26.2 Å². The third-order valence-corrected chi connectivity index (χ3v) is 4.26. The van der Waals surface area contributed by atoms with Crippen molar-refractivity contribution in [2.45, 2.75) is 12.8 Å². The van der Waals surface area contributed by atoms with Crippen LogP contribution in [0.4, 0.5) is 4.39 Å². The van der Waals surface area contributed by atoms with Crippen LogP contribution in [-0.4, -0.2) is 42.0 Å². The van der Waals surface area contributed by atoms with E-state index in [9.17, 15) is 9.18 Å². The topological polar surface area (TPSA) is 45.2 Å². The van der Waals surface area contributed by atoms with E-state index in [1.807, 2.05) is 4.90 Å². The number of nitrogens with one attached hydrogen (secondary N) is 1. The van der Waals surface area contributed by atoms with E-state index in [1.54, 1.807) is 0 Å². The number of rotatable bonds is 1. The monoisotopic (exact) mass is 263 g/mol. The summed E-state index contributed by atoms with van der Waals surface area (Å²) in [4.78, 5) is 17.9. The first kappa shape index (κ1) is 12.5. The summed E-state index contributed by atoms with van der Waals surface area (Å²) in [6.45, 7) is 3.65. The molecule has 0 bridgehead atoms. The molecule has 19 heavy (non-hydrogen) atoms. The van der Waals surface area contributed by atoms with Crippen molar-refractivity contribution in [3.8, 4) is 0 Å². The van der Waals surface area contributed by atoms with Gasteiger partial charge in [-0.1, -0.05) is 0 Å². The minimum absolute atomic E-state index is 0.0973. The van der Waals surface area contributed by atoms with E-state index in [-0.39, 0.29) is 5.91 Å². The van der Waals surface area contributed by atoms with Gasteiger partial charge in [0.1, 0.15) is 5.82 Å². The third-order valence-electron chi connectivity index (χ3n) is 4.26.